The highest BCUT2D eigenvalue weighted by atomic mass is 16.5. The molecule has 0 bridgehead atoms. The third-order valence-corrected chi connectivity index (χ3v) is 3.13. The fourth-order valence-electron chi connectivity index (χ4n) is 1.76. The molecule has 1 fully saturated rings. The van der Waals surface area contributed by atoms with E-state index in [0.29, 0.717) is 12.5 Å². The molecule has 1 aliphatic heterocycles. The summed E-state index contributed by atoms with van der Waals surface area (Å²) in [4.78, 5) is 10.7. The van der Waals surface area contributed by atoms with Gasteiger partial charge in [-0.15, -0.1) is 0 Å². The van der Waals surface area contributed by atoms with Crippen LogP contribution in [0.5, 0.6) is 0 Å². The minimum absolute atomic E-state index is 0.0593. The van der Waals surface area contributed by atoms with Gasteiger partial charge in [-0.2, -0.15) is 0 Å². The van der Waals surface area contributed by atoms with Crippen LogP contribution in [-0.2, 0) is 9.53 Å². The monoisotopic (exact) mass is 215 g/mol. The van der Waals surface area contributed by atoms with Gasteiger partial charge in [0.2, 0.25) is 0 Å². The van der Waals surface area contributed by atoms with E-state index in [1.807, 2.05) is 0 Å². The number of aldehydes is 1. The minimum atomic E-state index is -0.800. The van der Waals surface area contributed by atoms with E-state index in [9.17, 15) is 10.0 Å². The quantitative estimate of drug-likeness (QED) is 0.525. The Balaban J connectivity index is 2.26. The summed E-state index contributed by atoms with van der Waals surface area (Å²) in [5, 5.41) is 11.7. The SMILES string of the molecule is CC(C)(C=O)[NH+]([O-])CCC1CCOCC1. The Labute approximate surface area is 91.2 Å². The summed E-state index contributed by atoms with van der Waals surface area (Å²) in [5.74, 6) is 0.602. The van der Waals surface area contributed by atoms with Crippen LogP contribution in [-0.4, -0.2) is 31.6 Å². The van der Waals surface area contributed by atoms with Crippen molar-refractivity contribution < 1.29 is 14.6 Å². The lowest BCUT2D eigenvalue weighted by molar-refractivity contribution is -0.888. The summed E-state index contributed by atoms with van der Waals surface area (Å²) in [5.41, 5.74) is -0.800. The lowest BCUT2D eigenvalue weighted by Crippen LogP contribution is -3.15. The van der Waals surface area contributed by atoms with Crippen LogP contribution in [0.4, 0.5) is 0 Å². The van der Waals surface area contributed by atoms with Crippen LogP contribution in [0.1, 0.15) is 33.1 Å². The molecule has 0 saturated carbocycles. The summed E-state index contributed by atoms with van der Waals surface area (Å²) in [7, 11) is 0. The summed E-state index contributed by atoms with van der Waals surface area (Å²) in [6.07, 6.45) is 3.75. The van der Waals surface area contributed by atoms with Gasteiger partial charge < -0.3 is 15.0 Å². The number of ether oxygens (including phenoxy) is 1. The van der Waals surface area contributed by atoms with Gasteiger partial charge in [0.05, 0.1) is 6.54 Å². The average Bonchev–Trinajstić information content (AvgIpc) is 2.27. The third kappa shape index (κ3) is 3.89. The van der Waals surface area contributed by atoms with E-state index in [2.05, 4.69) is 0 Å². The van der Waals surface area contributed by atoms with E-state index < -0.39 is 5.54 Å². The van der Waals surface area contributed by atoms with Crippen molar-refractivity contribution in [1.29, 1.82) is 0 Å². The second kappa shape index (κ2) is 5.58. The number of carbonyl (C=O) groups excluding carboxylic acids is 1. The maximum atomic E-state index is 11.7. The highest BCUT2D eigenvalue weighted by Crippen LogP contribution is 2.17. The molecule has 1 saturated heterocycles. The largest absolute Gasteiger partial charge is 0.634 e. The summed E-state index contributed by atoms with van der Waals surface area (Å²) in [6, 6.07) is 0. The van der Waals surface area contributed by atoms with Crippen LogP contribution in [0, 0.1) is 11.1 Å². The van der Waals surface area contributed by atoms with Crippen molar-refractivity contribution in [3.63, 3.8) is 0 Å². The van der Waals surface area contributed by atoms with Crippen molar-refractivity contribution in [3.05, 3.63) is 5.21 Å². The lowest BCUT2D eigenvalue weighted by Gasteiger charge is -2.35. The normalized spacial score (nSPS) is 21.3. The standard InChI is InChI=1S/C11H21NO3/c1-11(2,9-13)12(14)6-3-10-4-7-15-8-5-10/h9-10,12H,3-8H2,1-2H3. The highest BCUT2D eigenvalue weighted by molar-refractivity contribution is 5.60. The topological polar surface area (TPSA) is 53.8 Å². The molecule has 1 atom stereocenters. The van der Waals surface area contributed by atoms with Crippen LogP contribution < -0.4 is 5.06 Å². The Morgan fingerprint density at radius 2 is 2.07 bits per heavy atom. The molecule has 0 aromatic heterocycles. The predicted molar refractivity (Wildman–Crippen MR) is 57.5 cm³/mol. The molecule has 4 heteroatoms. The average molecular weight is 215 g/mol. The van der Waals surface area contributed by atoms with E-state index in [-0.39, 0.29) is 5.06 Å². The number of hydroxylamine groups is 2. The molecular weight excluding hydrogens is 194 g/mol. The molecule has 88 valence electrons. The first kappa shape index (κ1) is 12.6. The molecule has 0 radical (unpaired) electrons. The zero-order valence-electron chi connectivity index (χ0n) is 9.62. The second-order valence-corrected chi connectivity index (χ2v) is 4.86. The summed E-state index contributed by atoms with van der Waals surface area (Å²) in [6.45, 7) is 5.53. The Bertz CT molecular complexity index is 200. The van der Waals surface area contributed by atoms with Gasteiger partial charge in [0, 0.05) is 13.2 Å². The predicted octanol–water partition coefficient (Wildman–Crippen LogP) is 0.163. The van der Waals surface area contributed by atoms with Crippen LogP contribution >= 0.6 is 0 Å². The Hall–Kier alpha value is -0.450. The first-order valence-corrected chi connectivity index (χ1v) is 5.63. The molecule has 1 N–H and O–H groups in total. The fraction of sp³-hybridized carbons (Fsp3) is 0.909. The Morgan fingerprint density at radius 3 is 2.60 bits per heavy atom. The maximum absolute atomic E-state index is 11.7. The van der Waals surface area contributed by atoms with Gasteiger partial charge in [-0.1, -0.05) is 0 Å². The van der Waals surface area contributed by atoms with E-state index in [1.54, 1.807) is 13.8 Å². The van der Waals surface area contributed by atoms with E-state index in [4.69, 9.17) is 4.74 Å². The van der Waals surface area contributed by atoms with Gasteiger partial charge in [-0.05, 0) is 39.0 Å². The van der Waals surface area contributed by atoms with E-state index >= 15 is 0 Å². The van der Waals surface area contributed by atoms with Crippen molar-refractivity contribution in [1.82, 2.24) is 0 Å². The first-order chi connectivity index (χ1) is 7.06. The summed E-state index contributed by atoms with van der Waals surface area (Å²) >= 11 is 0. The maximum Gasteiger partial charge on any atom is 0.179 e. The van der Waals surface area contributed by atoms with Crippen molar-refractivity contribution in [2.24, 2.45) is 5.92 Å². The molecular formula is C11H21NO3. The molecule has 0 amide bonds. The molecule has 1 unspecified atom stereocenters. The minimum Gasteiger partial charge on any atom is -0.634 e. The molecule has 0 aliphatic carbocycles. The van der Waals surface area contributed by atoms with Crippen molar-refractivity contribution in [2.45, 2.75) is 38.6 Å². The zero-order chi connectivity index (χ0) is 11.3. The van der Waals surface area contributed by atoms with Crippen LogP contribution in [0.3, 0.4) is 0 Å². The van der Waals surface area contributed by atoms with Gasteiger partial charge in [0.1, 0.15) is 5.54 Å². The van der Waals surface area contributed by atoms with Gasteiger partial charge in [0.15, 0.2) is 6.29 Å². The number of nitrogens with one attached hydrogen (secondary N) is 1. The third-order valence-electron chi connectivity index (χ3n) is 3.13. The fourth-order valence-corrected chi connectivity index (χ4v) is 1.76. The van der Waals surface area contributed by atoms with E-state index in [0.717, 1.165) is 38.8 Å². The molecule has 4 nitrogen and oxygen atoms in total. The number of hydrogen-bond acceptors (Lipinski definition) is 3. The van der Waals surface area contributed by atoms with Crippen molar-refractivity contribution in [3.8, 4) is 0 Å². The number of quaternary nitrogens is 1. The Kier molecular flexibility index (Phi) is 4.70. The molecule has 1 rings (SSSR count). The first-order valence-electron chi connectivity index (χ1n) is 5.63. The molecule has 1 heterocycles. The van der Waals surface area contributed by atoms with Gasteiger partial charge in [0.25, 0.3) is 0 Å². The van der Waals surface area contributed by atoms with Gasteiger partial charge in [-0.25, -0.2) is 0 Å². The molecule has 1 aliphatic rings. The number of hydrogen-bond donors (Lipinski definition) is 1. The van der Waals surface area contributed by atoms with Crippen molar-refractivity contribution in [2.75, 3.05) is 19.8 Å². The van der Waals surface area contributed by atoms with Crippen molar-refractivity contribution >= 4 is 6.29 Å². The lowest BCUT2D eigenvalue weighted by atomic mass is 9.96. The number of carbonyl (C=O) groups is 1. The van der Waals surface area contributed by atoms with Gasteiger partial charge >= 0.3 is 0 Å². The molecule has 0 spiro atoms. The van der Waals surface area contributed by atoms with Crippen LogP contribution in [0.25, 0.3) is 0 Å². The van der Waals surface area contributed by atoms with Gasteiger partial charge in [-0.3, -0.25) is 4.79 Å². The molecule has 15 heavy (non-hydrogen) atoms. The van der Waals surface area contributed by atoms with Crippen LogP contribution in [0.2, 0.25) is 0 Å². The zero-order valence-corrected chi connectivity index (χ0v) is 9.62. The van der Waals surface area contributed by atoms with E-state index in [1.165, 1.54) is 0 Å². The second-order valence-electron chi connectivity index (χ2n) is 4.86. The highest BCUT2D eigenvalue weighted by Gasteiger charge is 2.25. The molecule has 0 aromatic carbocycles. The smallest absolute Gasteiger partial charge is 0.179 e. The number of rotatable bonds is 5. The molecule has 0 aromatic rings. The summed E-state index contributed by atoms with van der Waals surface area (Å²) < 4.78 is 5.25. The van der Waals surface area contributed by atoms with Crippen LogP contribution in [0.15, 0.2) is 0 Å². The Morgan fingerprint density at radius 1 is 1.47 bits per heavy atom.